The van der Waals surface area contributed by atoms with Crippen LogP contribution in [0.15, 0.2) is 70.1 Å². The average molecular weight is 299 g/mol. The molecule has 0 saturated heterocycles. The Morgan fingerprint density at radius 1 is 1.00 bits per heavy atom. The fraction of sp³-hybridized carbons (Fsp3) is 0. The van der Waals surface area contributed by atoms with E-state index >= 15 is 0 Å². The van der Waals surface area contributed by atoms with E-state index in [4.69, 9.17) is 4.42 Å². The highest BCUT2D eigenvalue weighted by Crippen LogP contribution is 2.28. The number of fused-ring (bicyclic) bond motifs is 1. The molecular weight excluding hydrogens is 288 g/mol. The molecule has 0 aliphatic rings. The van der Waals surface area contributed by atoms with E-state index in [-0.39, 0.29) is 0 Å². The third-order valence-electron chi connectivity index (χ3n) is 2.92. The Morgan fingerprint density at radius 2 is 1.72 bits per heavy atom. The lowest BCUT2D eigenvalue weighted by atomic mass is 10.1. The molecule has 0 atom stereocenters. The van der Waals surface area contributed by atoms with E-state index in [0.717, 1.165) is 32.3 Å². The van der Waals surface area contributed by atoms with Gasteiger partial charge in [0.05, 0.1) is 0 Å². The van der Waals surface area contributed by atoms with Crippen LogP contribution in [0.4, 0.5) is 0 Å². The highest BCUT2D eigenvalue weighted by molar-refractivity contribution is 9.10. The Morgan fingerprint density at radius 3 is 2.44 bits per heavy atom. The van der Waals surface area contributed by atoms with Crippen LogP contribution in [0.25, 0.3) is 16.5 Å². The average Bonchev–Trinajstić information content (AvgIpc) is 2.82. The zero-order chi connectivity index (χ0) is 12.5. The number of halogens is 1. The number of benzene rings is 2. The fourth-order valence-corrected chi connectivity index (χ4v) is 2.19. The normalized spacial score (nSPS) is 10.7. The molecule has 0 aliphatic heterocycles. The van der Waals surface area contributed by atoms with E-state index in [2.05, 4.69) is 22.5 Å². The van der Waals surface area contributed by atoms with Crippen LogP contribution in [0.5, 0.6) is 0 Å². The molecule has 0 unspecified atom stereocenters. The van der Waals surface area contributed by atoms with Crippen molar-refractivity contribution in [2.45, 2.75) is 0 Å². The third kappa shape index (κ3) is 2.00. The van der Waals surface area contributed by atoms with Gasteiger partial charge in [0.25, 0.3) is 0 Å². The third-order valence-corrected chi connectivity index (χ3v) is 3.44. The second-order valence-electron chi connectivity index (χ2n) is 4.13. The Balaban J connectivity index is 2.03. The first kappa shape index (κ1) is 11.3. The smallest absolute Gasteiger partial charge is 0.135 e. The van der Waals surface area contributed by atoms with Gasteiger partial charge in [-0.05, 0) is 29.8 Å². The van der Waals surface area contributed by atoms with E-state index in [0.29, 0.717) is 0 Å². The van der Waals surface area contributed by atoms with Crippen LogP contribution in [0.3, 0.4) is 0 Å². The van der Waals surface area contributed by atoms with Crippen molar-refractivity contribution in [2.24, 2.45) is 0 Å². The van der Waals surface area contributed by atoms with E-state index in [9.17, 15) is 0 Å². The van der Waals surface area contributed by atoms with Gasteiger partial charge in [-0.2, -0.15) is 0 Å². The predicted molar refractivity (Wildman–Crippen MR) is 78.5 cm³/mol. The number of hydrogen-bond acceptors (Lipinski definition) is 1. The van der Waals surface area contributed by atoms with E-state index in [1.165, 1.54) is 0 Å². The molecule has 2 aromatic carbocycles. The predicted octanol–water partition coefficient (Wildman–Crippen LogP) is 5.26. The summed E-state index contributed by atoms with van der Waals surface area (Å²) in [5.74, 6) is 0.818. The molecular formula is C16H11BrO. The fourth-order valence-electron chi connectivity index (χ4n) is 1.92. The van der Waals surface area contributed by atoms with Gasteiger partial charge >= 0.3 is 0 Å². The highest BCUT2D eigenvalue weighted by Gasteiger charge is 2.08. The summed E-state index contributed by atoms with van der Waals surface area (Å²) < 4.78 is 6.86. The van der Waals surface area contributed by atoms with Gasteiger partial charge in [0.1, 0.15) is 11.3 Å². The van der Waals surface area contributed by atoms with Crippen LogP contribution in [0, 0.1) is 0 Å². The van der Waals surface area contributed by atoms with Crippen molar-refractivity contribution < 1.29 is 4.42 Å². The Labute approximate surface area is 114 Å². The SMILES string of the molecule is C=C(c1ccc(Br)cc1)c1cc2ccccc2o1. The molecule has 3 aromatic rings. The maximum Gasteiger partial charge on any atom is 0.135 e. The standard InChI is InChI=1S/C16H11BrO/c1-11(12-6-8-14(17)9-7-12)16-10-13-4-2-3-5-15(13)18-16/h2-10H,1H2. The molecule has 0 spiro atoms. The van der Waals surface area contributed by atoms with Crippen LogP contribution >= 0.6 is 15.9 Å². The van der Waals surface area contributed by atoms with Crippen LogP contribution in [-0.2, 0) is 0 Å². The summed E-state index contributed by atoms with van der Waals surface area (Å²) in [6.07, 6.45) is 0. The number of hydrogen-bond donors (Lipinski definition) is 0. The van der Waals surface area contributed by atoms with Crippen LogP contribution < -0.4 is 0 Å². The molecule has 2 heteroatoms. The molecule has 0 N–H and O–H groups in total. The molecule has 0 bridgehead atoms. The minimum Gasteiger partial charge on any atom is -0.456 e. The van der Waals surface area contributed by atoms with Crippen molar-refractivity contribution in [1.29, 1.82) is 0 Å². The maximum atomic E-state index is 5.80. The largest absolute Gasteiger partial charge is 0.456 e. The Kier molecular flexibility index (Phi) is 2.80. The summed E-state index contributed by atoms with van der Waals surface area (Å²) in [7, 11) is 0. The lowest BCUT2D eigenvalue weighted by Gasteiger charge is -2.02. The Hall–Kier alpha value is -1.80. The summed E-state index contributed by atoms with van der Waals surface area (Å²) >= 11 is 3.43. The zero-order valence-corrected chi connectivity index (χ0v) is 11.3. The summed E-state index contributed by atoms with van der Waals surface area (Å²) in [5.41, 5.74) is 2.86. The Bertz CT molecular complexity index is 674. The van der Waals surface area contributed by atoms with Gasteiger partial charge < -0.3 is 4.42 Å². The first-order valence-corrected chi connectivity index (χ1v) is 6.47. The summed E-state index contributed by atoms with van der Waals surface area (Å²) in [5, 5.41) is 1.10. The van der Waals surface area contributed by atoms with Gasteiger partial charge in [-0.3, -0.25) is 0 Å². The summed E-state index contributed by atoms with van der Waals surface area (Å²) in [6, 6.07) is 18.1. The second kappa shape index (κ2) is 4.46. The summed E-state index contributed by atoms with van der Waals surface area (Å²) in [6.45, 7) is 4.11. The molecule has 0 amide bonds. The lowest BCUT2D eigenvalue weighted by molar-refractivity contribution is 0.601. The maximum absolute atomic E-state index is 5.80. The van der Waals surface area contributed by atoms with Crippen molar-refractivity contribution in [3.05, 3.63) is 77.0 Å². The van der Waals surface area contributed by atoms with Crippen LogP contribution in [-0.4, -0.2) is 0 Å². The van der Waals surface area contributed by atoms with Crippen LogP contribution in [0.2, 0.25) is 0 Å². The van der Waals surface area contributed by atoms with Crippen LogP contribution in [0.1, 0.15) is 11.3 Å². The zero-order valence-electron chi connectivity index (χ0n) is 9.69. The minimum atomic E-state index is 0.818. The minimum absolute atomic E-state index is 0.818. The van der Waals surface area contributed by atoms with E-state index in [1.54, 1.807) is 0 Å². The topological polar surface area (TPSA) is 13.1 Å². The van der Waals surface area contributed by atoms with Crippen molar-refractivity contribution in [3.8, 4) is 0 Å². The van der Waals surface area contributed by atoms with Crippen molar-refractivity contribution in [2.75, 3.05) is 0 Å². The first-order valence-electron chi connectivity index (χ1n) is 5.68. The van der Waals surface area contributed by atoms with Gasteiger partial charge in [-0.25, -0.2) is 0 Å². The molecule has 3 rings (SSSR count). The van der Waals surface area contributed by atoms with Crippen molar-refractivity contribution in [3.63, 3.8) is 0 Å². The molecule has 1 aromatic heterocycles. The molecule has 0 saturated carbocycles. The van der Waals surface area contributed by atoms with Crippen molar-refractivity contribution >= 4 is 32.5 Å². The molecule has 0 aliphatic carbocycles. The first-order chi connectivity index (χ1) is 8.74. The monoisotopic (exact) mass is 298 g/mol. The number of rotatable bonds is 2. The molecule has 1 heterocycles. The number of para-hydroxylation sites is 1. The molecule has 88 valence electrons. The molecule has 0 radical (unpaired) electrons. The quantitative estimate of drug-likeness (QED) is 0.629. The molecule has 0 fully saturated rings. The lowest BCUT2D eigenvalue weighted by Crippen LogP contribution is -1.82. The van der Waals surface area contributed by atoms with Gasteiger partial charge in [0, 0.05) is 15.4 Å². The molecule has 1 nitrogen and oxygen atoms in total. The second-order valence-corrected chi connectivity index (χ2v) is 5.05. The van der Waals surface area contributed by atoms with Gasteiger partial charge in [-0.15, -0.1) is 0 Å². The highest BCUT2D eigenvalue weighted by atomic mass is 79.9. The van der Waals surface area contributed by atoms with E-state index < -0.39 is 0 Å². The van der Waals surface area contributed by atoms with E-state index in [1.807, 2.05) is 54.6 Å². The van der Waals surface area contributed by atoms with Gasteiger partial charge in [0.15, 0.2) is 0 Å². The summed E-state index contributed by atoms with van der Waals surface area (Å²) in [4.78, 5) is 0. The van der Waals surface area contributed by atoms with Crippen molar-refractivity contribution in [1.82, 2.24) is 0 Å². The molecule has 18 heavy (non-hydrogen) atoms. The van der Waals surface area contributed by atoms with Gasteiger partial charge in [-0.1, -0.05) is 52.8 Å². The van der Waals surface area contributed by atoms with Gasteiger partial charge in [0.2, 0.25) is 0 Å². The number of furan rings is 1.